The minimum Gasteiger partial charge on any atom is -0.508 e. The molecule has 0 bridgehead atoms. The van der Waals surface area contributed by atoms with Gasteiger partial charge in [0.05, 0.1) is 6.10 Å². The van der Waals surface area contributed by atoms with Crippen molar-refractivity contribution in [3.8, 4) is 5.75 Å². The fourth-order valence-corrected chi connectivity index (χ4v) is 2.71. The van der Waals surface area contributed by atoms with Crippen molar-refractivity contribution in [3.63, 3.8) is 0 Å². The number of halogens is 1. The van der Waals surface area contributed by atoms with Gasteiger partial charge in [0.2, 0.25) is 0 Å². The van der Waals surface area contributed by atoms with Gasteiger partial charge >= 0.3 is 0 Å². The van der Waals surface area contributed by atoms with E-state index in [9.17, 15) is 10.2 Å². The van der Waals surface area contributed by atoms with Crippen LogP contribution >= 0.6 is 11.6 Å². The molecule has 3 N–H and O–H groups in total. The van der Waals surface area contributed by atoms with E-state index in [2.05, 4.69) is 5.32 Å². The van der Waals surface area contributed by atoms with Crippen LogP contribution in [0, 0.1) is 5.92 Å². The predicted molar refractivity (Wildman–Crippen MR) is 72.8 cm³/mol. The number of phenols is 1. The molecule has 1 saturated carbocycles. The molecule has 0 heterocycles. The first kappa shape index (κ1) is 13.7. The van der Waals surface area contributed by atoms with Gasteiger partial charge in [0.25, 0.3) is 0 Å². The lowest BCUT2D eigenvalue weighted by Crippen LogP contribution is -2.27. The number of nitrogens with one attached hydrogen (secondary N) is 1. The minimum atomic E-state index is -0.103. The summed E-state index contributed by atoms with van der Waals surface area (Å²) < 4.78 is 0. The molecule has 18 heavy (non-hydrogen) atoms. The summed E-state index contributed by atoms with van der Waals surface area (Å²) in [6.45, 7) is 1.50. The van der Waals surface area contributed by atoms with Crippen LogP contribution in [0.2, 0.25) is 5.02 Å². The zero-order chi connectivity index (χ0) is 13.0. The Morgan fingerprint density at radius 1 is 1.22 bits per heavy atom. The molecule has 2 rings (SSSR count). The van der Waals surface area contributed by atoms with Gasteiger partial charge in [-0.15, -0.1) is 0 Å². The van der Waals surface area contributed by atoms with E-state index in [0.29, 0.717) is 17.5 Å². The summed E-state index contributed by atoms with van der Waals surface area (Å²) >= 11 is 6.04. The monoisotopic (exact) mass is 269 g/mol. The van der Waals surface area contributed by atoms with Gasteiger partial charge in [0.1, 0.15) is 5.75 Å². The Labute approximate surface area is 113 Å². The third kappa shape index (κ3) is 3.61. The van der Waals surface area contributed by atoms with E-state index >= 15 is 0 Å². The summed E-state index contributed by atoms with van der Waals surface area (Å²) in [7, 11) is 0. The molecule has 0 unspecified atom stereocenters. The van der Waals surface area contributed by atoms with Crippen molar-refractivity contribution in [2.24, 2.45) is 5.92 Å². The molecule has 0 saturated heterocycles. The van der Waals surface area contributed by atoms with Gasteiger partial charge in [-0.1, -0.05) is 17.7 Å². The van der Waals surface area contributed by atoms with Crippen molar-refractivity contribution in [1.29, 1.82) is 0 Å². The number of rotatable bonds is 4. The fraction of sp³-hybridized carbons (Fsp3) is 0.571. The highest BCUT2D eigenvalue weighted by molar-refractivity contribution is 6.31. The number of hydrogen-bond acceptors (Lipinski definition) is 3. The predicted octanol–water partition coefficient (Wildman–Crippen LogP) is 2.69. The second kappa shape index (κ2) is 6.41. The number of aliphatic hydroxyl groups excluding tert-OH is 1. The molecule has 0 amide bonds. The first-order valence-electron chi connectivity index (χ1n) is 6.52. The van der Waals surface area contributed by atoms with Crippen LogP contribution in [-0.4, -0.2) is 22.9 Å². The maximum absolute atomic E-state index is 9.71. The Kier molecular flexibility index (Phi) is 4.87. The Bertz CT molecular complexity index is 369. The Morgan fingerprint density at radius 3 is 2.61 bits per heavy atom. The second-order valence-electron chi connectivity index (χ2n) is 5.04. The largest absolute Gasteiger partial charge is 0.508 e. The van der Waals surface area contributed by atoms with E-state index in [1.54, 1.807) is 18.2 Å². The van der Waals surface area contributed by atoms with Crippen molar-refractivity contribution in [3.05, 3.63) is 28.8 Å². The van der Waals surface area contributed by atoms with Crippen LogP contribution in [0.5, 0.6) is 5.75 Å². The van der Waals surface area contributed by atoms with Crippen LogP contribution in [0.4, 0.5) is 0 Å². The molecule has 0 radical (unpaired) electrons. The second-order valence-corrected chi connectivity index (χ2v) is 5.45. The lowest BCUT2D eigenvalue weighted by molar-refractivity contribution is 0.108. The van der Waals surface area contributed by atoms with Crippen LogP contribution in [0.3, 0.4) is 0 Å². The van der Waals surface area contributed by atoms with Crippen molar-refractivity contribution >= 4 is 11.6 Å². The highest BCUT2D eigenvalue weighted by Crippen LogP contribution is 2.26. The van der Waals surface area contributed by atoms with Crippen LogP contribution in [-0.2, 0) is 6.54 Å². The van der Waals surface area contributed by atoms with Crippen molar-refractivity contribution in [2.45, 2.75) is 38.3 Å². The van der Waals surface area contributed by atoms with E-state index in [-0.39, 0.29) is 11.9 Å². The summed E-state index contributed by atoms with van der Waals surface area (Å²) in [5.74, 6) is 0.868. The molecule has 1 aromatic carbocycles. The highest BCUT2D eigenvalue weighted by atomic mass is 35.5. The Hall–Kier alpha value is -0.770. The maximum atomic E-state index is 9.71. The number of benzene rings is 1. The molecule has 1 aromatic rings. The SMILES string of the molecule is Oc1cccc(Cl)c1CNCC1CCC(O)CC1. The molecular weight excluding hydrogens is 250 g/mol. The van der Waals surface area contributed by atoms with E-state index in [0.717, 1.165) is 37.8 Å². The molecule has 1 aliphatic carbocycles. The molecule has 0 atom stereocenters. The number of hydrogen-bond donors (Lipinski definition) is 3. The smallest absolute Gasteiger partial charge is 0.121 e. The normalized spacial score (nSPS) is 24.1. The Morgan fingerprint density at radius 2 is 1.94 bits per heavy atom. The first-order valence-corrected chi connectivity index (χ1v) is 6.89. The molecular formula is C14H20ClNO2. The lowest BCUT2D eigenvalue weighted by atomic mass is 9.87. The maximum Gasteiger partial charge on any atom is 0.121 e. The number of phenolic OH excluding ortho intramolecular Hbond substituents is 1. The summed E-state index contributed by atoms with van der Waals surface area (Å²) in [4.78, 5) is 0. The molecule has 4 heteroatoms. The molecule has 3 nitrogen and oxygen atoms in total. The standard InChI is InChI=1S/C14H20ClNO2/c15-13-2-1-3-14(18)12(13)9-16-8-10-4-6-11(17)7-5-10/h1-3,10-11,16-18H,4-9H2. The topological polar surface area (TPSA) is 52.5 Å². The van der Waals surface area contributed by atoms with Crippen molar-refractivity contribution < 1.29 is 10.2 Å². The fourth-order valence-electron chi connectivity index (χ4n) is 2.47. The molecule has 0 aromatic heterocycles. The minimum absolute atomic E-state index is 0.103. The lowest BCUT2D eigenvalue weighted by Gasteiger charge is -2.25. The quantitative estimate of drug-likeness (QED) is 0.788. The van der Waals surface area contributed by atoms with Gasteiger partial charge in [-0.25, -0.2) is 0 Å². The molecule has 0 spiro atoms. The van der Waals surface area contributed by atoms with Crippen LogP contribution in [0.15, 0.2) is 18.2 Å². The summed E-state index contributed by atoms with van der Waals surface area (Å²) in [6, 6.07) is 5.18. The van der Waals surface area contributed by atoms with E-state index in [1.165, 1.54) is 0 Å². The molecule has 100 valence electrons. The van der Waals surface area contributed by atoms with Gasteiger partial charge in [-0.05, 0) is 50.3 Å². The zero-order valence-corrected chi connectivity index (χ0v) is 11.2. The Balaban J connectivity index is 1.78. The van der Waals surface area contributed by atoms with Gasteiger partial charge < -0.3 is 15.5 Å². The third-order valence-electron chi connectivity index (χ3n) is 3.65. The van der Waals surface area contributed by atoms with Crippen molar-refractivity contribution in [1.82, 2.24) is 5.32 Å². The van der Waals surface area contributed by atoms with Crippen LogP contribution in [0.1, 0.15) is 31.2 Å². The van der Waals surface area contributed by atoms with Gasteiger partial charge in [-0.3, -0.25) is 0 Å². The molecule has 0 aliphatic heterocycles. The molecule has 1 aliphatic rings. The van der Waals surface area contributed by atoms with E-state index < -0.39 is 0 Å². The van der Waals surface area contributed by atoms with Gasteiger partial charge in [-0.2, -0.15) is 0 Å². The van der Waals surface area contributed by atoms with Crippen LogP contribution < -0.4 is 5.32 Å². The number of aromatic hydroxyl groups is 1. The first-order chi connectivity index (χ1) is 8.66. The van der Waals surface area contributed by atoms with Crippen molar-refractivity contribution in [2.75, 3.05) is 6.54 Å². The average molecular weight is 270 g/mol. The van der Waals surface area contributed by atoms with Crippen LogP contribution in [0.25, 0.3) is 0 Å². The van der Waals surface area contributed by atoms with Gasteiger partial charge in [0.15, 0.2) is 0 Å². The third-order valence-corrected chi connectivity index (χ3v) is 4.00. The zero-order valence-electron chi connectivity index (χ0n) is 10.4. The summed E-state index contributed by atoms with van der Waals surface area (Å²) in [5.41, 5.74) is 0.759. The molecule has 1 fully saturated rings. The van der Waals surface area contributed by atoms with Gasteiger partial charge in [0, 0.05) is 17.1 Å². The summed E-state index contributed by atoms with van der Waals surface area (Å²) in [6.07, 6.45) is 3.85. The average Bonchev–Trinajstić information content (AvgIpc) is 2.35. The summed E-state index contributed by atoms with van der Waals surface area (Å²) in [5, 5.41) is 23.1. The van der Waals surface area contributed by atoms with E-state index in [4.69, 9.17) is 11.6 Å². The highest BCUT2D eigenvalue weighted by Gasteiger charge is 2.19. The number of aliphatic hydroxyl groups is 1. The van der Waals surface area contributed by atoms with E-state index in [1.807, 2.05) is 0 Å².